The van der Waals surface area contributed by atoms with Crippen LogP contribution in [0.5, 0.6) is 0 Å². The van der Waals surface area contributed by atoms with Gasteiger partial charge < -0.3 is 15.2 Å². The Balaban J connectivity index is 0. The van der Waals surface area contributed by atoms with Gasteiger partial charge in [-0.2, -0.15) is 0 Å². The van der Waals surface area contributed by atoms with E-state index >= 15 is 0 Å². The molecule has 0 radical (unpaired) electrons. The van der Waals surface area contributed by atoms with E-state index < -0.39 is 0 Å². The van der Waals surface area contributed by atoms with Crippen LogP contribution in [0.25, 0.3) is 0 Å². The van der Waals surface area contributed by atoms with Gasteiger partial charge in [0, 0.05) is 6.54 Å². The number of nitrogens with one attached hydrogen (secondary N) is 1. The van der Waals surface area contributed by atoms with Gasteiger partial charge in [-0.15, -0.1) is 0 Å². The molecule has 84 valence electrons. The largest absolute Gasteiger partial charge is 0.450 e. The summed E-state index contributed by atoms with van der Waals surface area (Å²) in [6, 6.07) is 0. The quantitative estimate of drug-likeness (QED) is 0.663. The zero-order valence-corrected chi connectivity index (χ0v) is 9.39. The molecule has 0 fully saturated rings. The Morgan fingerprint density at radius 3 is 2.47 bits per heavy atom. The van der Waals surface area contributed by atoms with Gasteiger partial charge in [0.25, 0.3) is 0 Å². The summed E-state index contributed by atoms with van der Waals surface area (Å²) in [4.78, 5) is 10.3. The van der Waals surface area contributed by atoms with E-state index in [0.717, 1.165) is 0 Å². The van der Waals surface area contributed by atoms with Crippen molar-refractivity contribution in [3.8, 4) is 23.7 Å². The third-order valence-electron chi connectivity index (χ3n) is 0.951. The van der Waals surface area contributed by atoms with Crippen molar-refractivity contribution >= 4 is 6.09 Å². The van der Waals surface area contributed by atoms with Crippen molar-refractivity contribution in [2.45, 2.75) is 20.8 Å². The summed E-state index contributed by atoms with van der Waals surface area (Å²) in [6.45, 7) is 6.28. The van der Waals surface area contributed by atoms with Gasteiger partial charge in [-0.3, -0.25) is 0 Å². The minimum absolute atomic E-state index is 0.103. The summed E-state index contributed by atoms with van der Waals surface area (Å²) in [7, 11) is 0. The molecule has 0 spiro atoms. The highest BCUT2D eigenvalue weighted by Gasteiger charge is 1.92. The van der Waals surface area contributed by atoms with E-state index in [2.05, 4.69) is 33.7 Å². The topological polar surface area (TPSA) is 58.6 Å². The molecule has 15 heavy (non-hydrogen) atoms. The van der Waals surface area contributed by atoms with Crippen LogP contribution in [0.4, 0.5) is 4.79 Å². The van der Waals surface area contributed by atoms with E-state index in [0.29, 0.717) is 13.2 Å². The molecule has 0 rings (SSSR count). The van der Waals surface area contributed by atoms with Gasteiger partial charge in [0.05, 0.1) is 6.61 Å². The molecule has 0 aliphatic rings. The van der Waals surface area contributed by atoms with Crippen LogP contribution >= 0.6 is 0 Å². The fourth-order valence-corrected chi connectivity index (χ4v) is 0.473. The third-order valence-corrected chi connectivity index (χ3v) is 0.951. The molecule has 0 aliphatic heterocycles. The molecule has 0 atom stereocenters. The Hall–Kier alpha value is -1.65. The smallest absolute Gasteiger partial charge is 0.407 e. The number of hydrogen-bond acceptors (Lipinski definition) is 3. The predicted octanol–water partition coefficient (Wildman–Crippen LogP) is 0.758. The van der Waals surface area contributed by atoms with Crippen LogP contribution in [0.3, 0.4) is 0 Å². The first kappa shape index (κ1) is 15.8. The predicted molar refractivity (Wildman–Crippen MR) is 59.0 cm³/mol. The van der Waals surface area contributed by atoms with Crippen molar-refractivity contribution < 1.29 is 14.6 Å². The molecule has 0 saturated heterocycles. The third kappa shape index (κ3) is 19.0. The first-order chi connectivity index (χ1) is 7.22. The van der Waals surface area contributed by atoms with Crippen LogP contribution in [0.1, 0.15) is 20.8 Å². The Kier molecular flexibility index (Phi) is 15.6. The van der Waals surface area contributed by atoms with Crippen molar-refractivity contribution in [1.82, 2.24) is 5.32 Å². The summed E-state index contributed by atoms with van der Waals surface area (Å²) in [5, 5.41) is 10.5. The molecule has 0 aromatic carbocycles. The average molecular weight is 211 g/mol. The summed E-state index contributed by atoms with van der Waals surface area (Å²) in [5.74, 6) is 9.85. The summed E-state index contributed by atoms with van der Waals surface area (Å²) < 4.78 is 4.53. The lowest BCUT2D eigenvalue weighted by molar-refractivity contribution is 0.153. The highest BCUT2D eigenvalue weighted by Crippen LogP contribution is 1.72. The van der Waals surface area contributed by atoms with Crippen molar-refractivity contribution in [1.29, 1.82) is 0 Å². The van der Waals surface area contributed by atoms with Gasteiger partial charge in [-0.05, 0) is 32.6 Å². The number of hydrogen-bond donors (Lipinski definition) is 2. The highest BCUT2D eigenvalue weighted by molar-refractivity contribution is 5.66. The number of rotatable bonds is 2. The molecule has 0 heterocycles. The number of carbonyl (C=O) groups is 1. The van der Waals surface area contributed by atoms with E-state index in [1.807, 2.05) is 6.92 Å². The van der Waals surface area contributed by atoms with Crippen molar-refractivity contribution in [3.63, 3.8) is 0 Å². The number of aliphatic hydroxyl groups excluding tert-OH is 1. The summed E-state index contributed by atoms with van der Waals surface area (Å²) >= 11 is 0. The molecule has 0 aliphatic carbocycles. The van der Waals surface area contributed by atoms with E-state index in [-0.39, 0.29) is 12.7 Å². The summed E-state index contributed by atoms with van der Waals surface area (Å²) in [6.07, 6.45) is -0.338. The molecule has 0 unspecified atom stereocenters. The second-order valence-corrected chi connectivity index (χ2v) is 2.09. The zero-order valence-electron chi connectivity index (χ0n) is 9.39. The van der Waals surface area contributed by atoms with Gasteiger partial charge in [-0.25, -0.2) is 4.79 Å². The molecule has 4 nitrogen and oxygen atoms in total. The first-order valence-electron chi connectivity index (χ1n) is 4.63. The average Bonchev–Trinajstić information content (AvgIpc) is 2.20. The van der Waals surface area contributed by atoms with Crippen molar-refractivity contribution in [2.24, 2.45) is 0 Å². The lowest BCUT2D eigenvalue weighted by atomic mass is 10.6. The van der Waals surface area contributed by atoms with Gasteiger partial charge >= 0.3 is 6.09 Å². The van der Waals surface area contributed by atoms with Crippen LogP contribution in [0.15, 0.2) is 0 Å². The lowest BCUT2D eigenvalue weighted by Gasteiger charge is -1.99. The molecule has 1 amide bonds. The SMILES string of the molecule is CC#CC#CCO.CCNC(=O)OCC. The monoisotopic (exact) mass is 211 g/mol. The minimum atomic E-state index is -0.338. The molecule has 0 saturated carbocycles. The molecule has 0 aromatic rings. The van der Waals surface area contributed by atoms with E-state index in [1.165, 1.54) is 0 Å². The maximum atomic E-state index is 10.3. The highest BCUT2D eigenvalue weighted by atomic mass is 16.5. The van der Waals surface area contributed by atoms with E-state index in [1.54, 1.807) is 13.8 Å². The van der Waals surface area contributed by atoms with E-state index in [4.69, 9.17) is 5.11 Å². The second-order valence-electron chi connectivity index (χ2n) is 2.09. The number of carbonyl (C=O) groups excluding carboxylic acids is 1. The molecule has 0 bridgehead atoms. The zero-order chi connectivity index (χ0) is 11.9. The fraction of sp³-hybridized carbons (Fsp3) is 0.545. The van der Waals surface area contributed by atoms with Gasteiger partial charge in [0.1, 0.15) is 6.61 Å². The lowest BCUT2D eigenvalue weighted by Crippen LogP contribution is -2.23. The number of amides is 1. The van der Waals surface area contributed by atoms with Crippen LogP contribution in [-0.2, 0) is 4.74 Å². The normalized spacial score (nSPS) is 6.67. The molecule has 2 N–H and O–H groups in total. The Morgan fingerprint density at radius 1 is 1.40 bits per heavy atom. The maximum absolute atomic E-state index is 10.3. The van der Waals surface area contributed by atoms with Crippen LogP contribution in [-0.4, -0.2) is 31.0 Å². The fourth-order valence-electron chi connectivity index (χ4n) is 0.473. The van der Waals surface area contributed by atoms with Crippen LogP contribution in [0, 0.1) is 23.7 Å². The van der Waals surface area contributed by atoms with Gasteiger partial charge in [0.15, 0.2) is 0 Å². The Morgan fingerprint density at radius 2 is 2.07 bits per heavy atom. The molecule has 4 heteroatoms. The molecule has 0 aromatic heterocycles. The van der Waals surface area contributed by atoms with Crippen molar-refractivity contribution in [3.05, 3.63) is 0 Å². The molecular formula is C11H17NO3. The van der Waals surface area contributed by atoms with Crippen molar-refractivity contribution in [2.75, 3.05) is 19.8 Å². The van der Waals surface area contributed by atoms with Gasteiger partial charge in [-0.1, -0.05) is 11.8 Å². The molecular weight excluding hydrogens is 194 g/mol. The number of alkyl carbamates (subject to hydrolysis) is 1. The van der Waals surface area contributed by atoms with Crippen LogP contribution < -0.4 is 5.32 Å². The summed E-state index contributed by atoms with van der Waals surface area (Å²) in [5.41, 5.74) is 0. The Bertz CT molecular complexity index is 257. The second kappa shape index (κ2) is 14.9. The number of ether oxygens (including phenoxy) is 1. The van der Waals surface area contributed by atoms with Gasteiger partial charge in [0.2, 0.25) is 0 Å². The Labute approximate surface area is 91.0 Å². The van der Waals surface area contributed by atoms with Crippen LogP contribution in [0.2, 0.25) is 0 Å². The van der Waals surface area contributed by atoms with E-state index in [9.17, 15) is 4.79 Å². The minimum Gasteiger partial charge on any atom is -0.450 e. The standard InChI is InChI=1S/C6H6O.C5H11NO2/c1-2-3-4-5-6-7;1-3-6-5(7)8-4-2/h7H,6H2,1H3;3-4H2,1-2H3,(H,6,7). The number of aliphatic hydroxyl groups is 1. The maximum Gasteiger partial charge on any atom is 0.407 e. The first-order valence-corrected chi connectivity index (χ1v) is 4.63.